The van der Waals surface area contributed by atoms with Crippen molar-refractivity contribution < 1.29 is 18.6 Å². The smallest absolute Gasteiger partial charge is 0.330 e. The number of halogens is 2. The number of aromatic nitrogens is 2. The first-order chi connectivity index (χ1) is 7.94. The lowest BCUT2D eigenvalue weighted by molar-refractivity contribution is -0.120. The Hall–Kier alpha value is -1.54. The standard InChI is InChI=1S/C9H10F2N2O4/c10-9(11)3-5(4-14)17-7(9)13-2-1-6(15)12-8(13)16/h1-2,5,7,14H,3-4H2,(H,12,15,16). The molecule has 0 spiro atoms. The number of aliphatic hydroxyl groups is 1. The molecule has 2 heterocycles. The van der Waals surface area contributed by atoms with Crippen molar-refractivity contribution >= 4 is 0 Å². The highest BCUT2D eigenvalue weighted by molar-refractivity contribution is 4.92. The van der Waals surface area contributed by atoms with Gasteiger partial charge >= 0.3 is 5.69 Å². The minimum absolute atomic E-state index is 0.551. The van der Waals surface area contributed by atoms with Crippen molar-refractivity contribution in [1.82, 2.24) is 9.55 Å². The highest BCUT2D eigenvalue weighted by Gasteiger charge is 2.51. The Morgan fingerprint density at radius 1 is 1.59 bits per heavy atom. The lowest BCUT2D eigenvalue weighted by Crippen LogP contribution is -2.37. The van der Waals surface area contributed by atoms with Gasteiger partial charge in [-0.1, -0.05) is 0 Å². The number of rotatable bonds is 2. The van der Waals surface area contributed by atoms with Crippen molar-refractivity contribution in [1.29, 1.82) is 0 Å². The van der Waals surface area contributed by atoms with Crippen LogP contribution in [0.15, 0.2) is 21.9 Å². The van der Waals surface area contributed by atoms with Gasteiger partial charge in [-0.2, -0.15) is 0 Å². The molecule has 1 aliphatic rings. The molecule has 2 atom stereocenters. The van der Waals surface area contributed by atoms with E-state index in [9.17, 15) is 18.4 Å². The number of hydrogen-bond donors (Lipinski definition) is 2. The molecule has 2 rings (SSSR count). The van der Waals surface area contributed by atoms with Gasteiger partial charge in [0.05, 0.1) is 12.7 Å². The zero-order valence-electron chi connectivity index (χ0n) is 8.60. The van der Waals surface area contributed by atoms with Crippen molar-refractivity contribution in [3.63, 3.8) is 0 Å². The molecule has 2 unspecified atom stereocenters. The van der Waals surface area contributed by atoms with Crippen LogP contribution in [0.1, 0.15) is 12.6 Å². The molecule has 0 aromatic carbocycles. The highest BCUT2D eigenvalue weighted by Crippen LogP contribution is 2.41. The van der Waals surface area contributed by atoms with Gasteiger partial charge in [0.2, 0.25) is 6.23 Å². The maximum absolute atomic E-state index is 13.5. The van der Waals surface area contributed by atoms with E-state index in [0.717, 1.165) is 12.3 Å². The first-order valence-corrected chi connectivity index (χ1v) is 4.89. The van der Waals surface area contributed by atoms with E-state index in [1.807, 2.05) is 4.98 Å². The van der Waals surface area contributed by atoms with Crippen LogP contribution in [0.2, 0.25) is 0 Å². The number of alkyl halides is 2. The first-order valence-electron chi connectivity index (χ1n) is 4.89. The number of nitrogens with zero attached hydrogens (tertiary/aromatic N) is 1. The van der Waals surface area contributed by atoms with Gasteiger partial charge in [0.15, 0.2) is 0 Å². The number of aliphatic hydroxyl groups excluding tert-OH is 1. The monoisotopic (exact) mass is 248 g/mol. The van der Waals surface area contributed by atoms with Gasteiger partial charge in [-0.15, -0.1) is 0 Å². The summed E-state index contributed by atoms with van der Waals surface area (Å²) in [6.45, 7) is -0.551. The molecule has 0 aliphatic carbocycles. The second kappa shape index (κ2) is 4.04. The van der Waals surface area contributed by atoms with Gasteiger partial charge in [-0.25, -0.2) is 13.6 Å². The van der Waals surface area contributed by atoms with Crippen molar-refractivity contribution in [2.24, 2.45) is 0 Å². The van der Waals surface area contributed by atoms with Gasteiger partial charge in [-0.05, 0) is 0 Å². The molecule has 1 saturated heterocycles. The summed E-state index contributed by atoms with van der Waals surface area (Å²) >= 11 is 0. The Morgan fingerprint density at radius 3 is 2.82 bits per heavy atom. The van der Waals surface area contributed by atoms with E-state index in [1.165, 1.54) is 0 Å². The minimum Gasteiger partial charge on any atom is -0.394 e. The topological polar surface area (TPSA) is 84.3 Å². The molecule has 17 heavy (non-hydrogen) atoms. The molecule has 6 nitrogen and oxygen atoms in total. The maximum atomic E-state index is 13.5. The van der Waals surface area contributed by atoms with Crippen molar-refractivity contribution in [2.45, 2.75) is 24.7 Å². The summed E-state index contributed by atoms with van der Waals surface area (Å²) in [5.41, 5.74) is -1.65. The molecule has 94 valence electrons. The summed E-state index contributed by atoms with van der Waals surface area (Å²) < 4.78 is 32.5. The van der Waals surface area contributed by atoms with E-state index >= 15 is 0 Å². The fourth-order valence-electron chi connectivity index (χ4n) is 1.72. The van der Waals surface area contributed by atoms with E-state index in [0.29, 0.717) is 4.57 Å². The fourth-order valence-corrected chi connectivity index (χ4v) is 1.72. The average Bonchev–Trinajstić information content (AvgIpc) is 2.54. The Balaban J connectivity index is 2.40. The summed E-state index contributed by atoms with van der Waals surface area (Å²) in [7, 11) is 0. The van der Waals surface area contributed by atoms with E-state index < -0.39 is 42.5 Å². The number of nitrogens with one attached hydrogen (secondary N) is 1. The molecule has 1 aromatic heterocycles. The molecular formula is C9H10F2N2O4. The first kappa shape index (κ1) is 11.9. The average molecular weight is 248 g/mol. The molecule has 0 saturated carbocycles. The third-order valence-electron chi connectivity index (χ3n) is 2.49. The number of hydrogen-bond acceptors (Lipinski definition) is 4. The third kappa shape index (κ3) is 2.13. The molecule has 2 N–H and O–H groups in total. The lowest BCUT2D eigenvalue weighted by Gasteiger charge is -2.19. The van der Waals surface area contributed by atoms with Crippen molar-refractivity contribution in [3.8, 4) is 0 Å². The molecule has 0 bridgehead atoms. The Kier molecular flexibility index (Phi) is 2.84. The molecule has 1 fully saturated rings. The van der Waals surface area contributed by atoms with Gasteiger partial charge < -0.3 is 9.84 Å². The van der Waals surface area contributed by atoms with E-state index in [2.05, 4.69) is 0 Å². The van der Waals surface area contributed by atoms with Crippen LogP contribution >= 0.6 is 0 Å². The highest BCUT2D eigenvalue weighted by atomic mass is 19.3. The minimum atomic E-state index is -3.27. The van der Waals surface area contributed by atoms with Crippen LogP contribution in [-0.4, -0.2) is 33.3 Å². The van der Waals surface area contributed by atoms with Crippen LogP contribution < -0.4 is 11.2 Å². The molecule has 1 aliphatic heterocycles. The van der Waals surface area contributed by atoms with Crippen LogP contribution in [0.4, 0.5) is 8.78 Å². The largest absolute Gasteiger partial charge is 0.394 e. The Morgan fingerprint density at radius 2 is 2.29 bits per heavy atom. The van der Waals surface area contributed by atoms with Crippen LogP contribution in [0.3, 0.4) is 0 Å². The van der Waals surface area contributed by atoms with Gasteiger partial charge in [0.25, 0.3) is 11.5 Å². The van der Waals surface area contributed by atoms with Gasteiger partial charge in [0, 0.05) is 18.7 Å². The summed E-state index contributed by atoms with van der Waals surface area (Å²) in [5, 5.41) is 8.77. The normalized spacial score (nSPS) is 27.2. The zero-order chi connectivity index (χ0) is 12.6. The molecular weight excluding hydrogens is 238 g/mol. The van der Waals surface area contributed by atoms with Gasteiger partial charge in [-0.3, -0.25) is 14.3 Å². The van der Waals surface area contributed by atoms with Crippen molar-refractivity contribution in [3.05, 3.63) is 33.1 Å². The van der Waals surface area contributed by atoms with Crippen molar-refractivity contribution in [2.75, 3.05) is 6.61 Å². The number of H-pyrrole nitrogens is 1. The summed E-state index contributed by atoms with van der Waals surface area (Å²) in [6, 6.07) is 0.952. The van der Waals surface area contributed by atoms with Crippen LogP contribution in [0.25, 0.3) is 0 Å². The second-order valence-corrected chi connectivity index (χ2v) is 3.78. The fraction of sp³-hybridized carbons (Fsp3) is 0.556. The van der Waals surface area contributed by atoms with Gasteiger partial charge in [0.1, 0.15) is 0 Å². The number of ether oxygens (including phenoxy) is 1. The van der Waals surface area contributed by atoms with E-state index in [1.54, 1.807) is 0 Å². The SMILES string of the molecule is O=c1ccn(C2OC(CO)CC2(F)F)c(=O)[nH]1. The Bertz CT molecular complexity index is 524. The summed E-state index contributed by atoms with van der Waals surface area (Å²) in [5.74, 6) is -3.27. The lowest BCUT2D eigenvalue weighted by atomic mass is 10.2. The molecule has 8 heteroatoms. The molecule has 0 amide bonds. The molecule has 0 radical (unpaired) electrons. The third-order valence-corrected chi connectivity index (χ3v) is 2.49. The summed E-state index contributed by atoms with van der Waals surface area (Å²) in [4.78, 5) is 24.0. The Labute approximate surface area is 93.5 Å². The maximum Gasteiger partial charge on any atom is 0.330 e. The predicted octanol–water partition coefficient (Wildman–Crippen LogP) is -0.548. The molecule has 1 aromatic rings. The second-order valence-electron chi connectivity index (χ2n) is 3.78. The summed E-state index contributed by atoms with van der Waals surface area (Å²) in [6.07, 6.45) is -2.54. The predicted molar refractivity (Wildman–Crippen MR) is 51.9 cm³/mol. The number of aromatic amines is 1. The zero-order valence-corrected chi connectivity index (χ0v) is 8.60. The van der Waals surface area contributed by atoms with Crippen LogP contribution in [0, 0.1) is 0 Å². The van der Waals surface area contributed by atoms with Crippen LogP contribution in [-0.2, 0) is 4.74 Å². The quantitative estimate of drug-likeness (QED) is 0.735. The van der Waals surface area contributed by atoms with E-state index in [-0.39, 0.29) is 0 Å². The van der Waals surface area contributed by atoms with Crippen LogP contribution in [0.5, 0.6) is 0 Å². The van der Waals surface area contributed by atoms with E-state index in [4.69, 9.17) is 9.84 Å².